The highest BCUT2D eigenvalue weighted by Crippen LogP contribution is 2.36. The normalized spacial score (nSPS) is 18.7. The van der Waals surface area contributed by atoms with Gasteiger partial charge in [0.2, 0.25) is 0 Å². The lowest BCUT2D eigenvalue weighted by Gasteiger charge is -2.24. The quantitative estimate of drug-likeness (QED) is 0.209. The van der Waals surface area contributed by atoms with Crippen LogP contribution in [-0.4, -0.2) is 40.8 Å². The number of aromatic nitrogens is 2. The lowest BCUT2D eigenvalue weighted by atomic mass is 10.2. The van der Waals surface area contributed by atoms with E-state index in [9.17, 15) is 14.4 Å². The largest absolute Gasteiger partial charge is 0.464 e. The Kier molecular flexibility index (Phi) is 9.40. The summed E-state index contributed by atoms with van der Waals surface area (Å²) in [7, 11) is -1.47. The topological polar surface area (TPSA) is 121 Å². The van der Waals surface area contributed by atoms with Crippen LogP contribution in [0.2, 0.25) is 0 Å². The fraction of sp³-hybridized carbons (Fsp3) is 0.375. The van der Waals surface area contributed by atoms with Gasteiger partial charge in [0.15, 0.2) is 20.8 Å². The number of benzene rings is 1. The van der Waals surface area contributed by atoms with Crippen molar-refractivity contribution in [3.8, 4) is 18.1 Å². The van der Waals surface area contributed by atoms with Gasteiger partial charge in [-0.25, -0.2) is 9.88 Å². The number of aromatic amines is 1. The molecule has 4 atom stereocenters. The van der Waals surface area contributed by atoms with Crippen LogP contribution in [0.15, 0.2) is 58.3 Å². The molecule has 1 aromatic carbocycles. The molecule has 186 valence electrons. The summed E-state index contributed by atoms with van der Waals surface area (Å²) in [4.78, 5) is 38.3. The summed E-state index contributed by atoms with van der Waals surface area (Å²) in [5, 5.41) is 3.13. The van der Waals surface area contributed by atoms with E-state index in [0.717, 1.165) is 0 Å². The molecule has 1 aliphatic heterocycles. The number of carbonyl (C=O) groups is 1. The average Bonchev–Trinajstić information content (AvgIpc) is 3.30. The molecule has 3 rings (SSSR count). The van der Waals surface area contributed by atoms with Crippen molar-refractivity contribution in [1.29, 1.82) is 0 Å². The highest BCUT2D eigenvalue weighted by atomic mass is 31.2. The summed E-state index contributed by atoms with van der Waals surface area (Å²) in [5.74, 6) is 2.68. The van der Waals surface area contributed by atoms with Crippen LogP contribution >= 0.6 is 8.30 Å². The van der Waals surface area contributed by atoms with E-state index >= 15 is 0 Å². The maximum absolute atomic E-state index is 12.3. The van der Waals surface area contributed by atoms with Gasteiger partial charge in [-0.1, -0.05) is 38.0 Å². The number of rotatable bonds is 11. The molecule has 0 spiro atoms. The first kappa shape index (κ1) is 26.4. The van der Waals surface area contributed by atoms with Crippen LogP contribution < -0.4 is 20.9 Å². The van der Waals surface area contributed by atoms with Gasteiger partial charge in [-0.2, -0.15) is 0 Å². The van der Waals surface area contributed by atoms with Crippen LogP contribution in [0.1, 0.15) is 32.6 Å². The lowest BCUT2D eigenvalue weighted by molar-refractivity contribution is -0.146. The Morgan fingerprint density at radius 3 is 2.69 bits per heavy atom. The molecular weight excluding hydrogens is 473 g/mol. The zero-order chi connectivity index (χ0) is 25.4. The molecular formula is C24H28N3O7P. The van der Waals surface area contributed by atoms with Crippen molar-refractivity contribution in [2.45, 2.75) is 39.3 Å². The van der Waals surface area contributed by atoms with Crippen LogP contribution in [0.3, 0.4) is 0 Å². The first-order valence-corrected chi connectivity index (χ1v) is 12.4. The van der Waals surface area contributed by atoms with Crippen molar-refractivity contribution in [2.75, 3.05) is 13.0 Å². The number of nitrogens with zero attached hydrogens (tertiary/aromatic N) is 1. The van der Waals surface area contributed by atoms with E-state index in [2.05, 4.69) is 16.0 Å². The van der Waals surface area contributed by atoms with Crippen molar-refractivity contribution in [2.24, 2.45) is 5.92 Å². The number of H-pyrrole nitrogens is 1. The highest BCUT2D eigenvalue weighted by molar-refractivity contribution is 7.50. The highest BCUT2D eigenvalue weighted by Gasteiger charge is 2.26. The zero-order valence-corrected chi connectivity index (χ0v) is 20.6. The first-order valence-electron chi connectivity index (χ1n) is 11.0. The van der Waals surface area contributed by atoms with Gasteiger partial charge in [0, 0.05) is 6.20 Å². The fourth-order valence-corrected chi connectivity index (χ4v) is 4.30. The maximum Gasteiger partial charge on any atom is 0.330 e. The number of terminal acetylenes is 1. The number of carbonyl (C=O) groups excluding carboxylic acids is 1. The molecule has 0 saturated heterocycles. The Bertz CT molecular complexity index is 1190. The van der Waals surface area contributed by atoms with E-state index in [1.807, 2.05) is 32.0 Å². The van der Waals surface area contributed by atoms with Gasteiger partial charge >= 0.3 is 11.7 Å². The standard InChI is InChI=1S/C24H28N3O7P/c1-5-18-13-27(24(30)25-22(18)28)20-11-12-21(33-20)32-15-35(34-19-9-7-6-8-10-19)26-17(4)23(29)31-14-16(2)3/h1,6-13,16-17,20-21,26H,14-15H2,2-4H3,(H,25,28,30). The third-order valence-corrected chi connectivity index (χ3v) is 6.16. The van der Waals surface area contributed by atoms with Crippen LogP contribution in [0, 0.1) is 18.3 Å². The second kappa shape index (κ2) is 12.5. The summed E-state index contributed by atoms with van der Waals surface area (Å²) < 4.78 is 24.1. The number of esters is 1. The number of nitrogens with one attached hydrogen (secondary N) is 2. The SMILES string of the molecule is C#Cc1cn(C2C=CC(OCP(NC(C)C(=O)OCC(C)C)Oc3ccccc3)O2)c(=O)[nH]c1=O. The van der Waals surface area contributed by atoms with Crippen LogP contribution in [0.5, 0.6) is 5.75 Å². The molecule has 0 amide bonds. The molecule has 0 saturated carbocycles. The number of hydrogen-bond donors (Lipinski definition) is 2. The van der Waals surface area contributed by atoms with Gasteiger partial charge in [0.05, 0.1) is 6.61 Å². The van der Waals surface area contributed by atoms with E-state index in [0.29, 0.717) is 12.4 Å². The minimum atomic E-state index is -1.47. The minimum absolute atomic E-state index is 0.00768. The Balaban J connectivity index is 1.62. The molecule has 1 aliphatic rings. The Morgan fingerprint density at radius 2 is 2.00 bits per heavy atom. The molecule has 0 bridgehead atoms. The smallest absolute Gasteiger partial charge is 0.330 e. The van der Waals surface area contributed by atoms with Crippen LogP contribution in [0.4, 0.5) is 0 Å². The summed E-state index contributed by atoms with van der Waals surface area (Å²) in [6, 6.07) is 8.51. The van der Waals surface area contributed by atoms with Crippen molar-refractivity contribution in [3.05, 3.63) is 75.1 Å². The molecule has 0 aliphatic carbocycles. The van der Waals surface area contributed by atoms with Gasteiger partial charge in [0.25, 0.3) is 5.56 Å². The van der Waals surface area contributed by atoms with Gasteiger partial charge in [-0.3, -0.25) is 19.1 Å². The van der Waals surface area contributed by atoms with Gasteiger partial charge in [-0.15, -0.1) is 6.42 Å². The van der Waals surface area contributed by atoms with Crippen molar-refractivity contribution >= 4 is 14.3 Å². The summed E-state index contributed by atoms with van der Waals surface area (Å²) >= 11 is 0. The maximum atomic E-state index is 12.3. The second-order valence-corrected chi connectivity index (χ2v) is 9.54. The number of ether oxygens (including phenoxy) is 3. The Labute approximate surface area is 204 Å². The fourth-order valence-electron chi connectivity index (χ4n) is 2.93. The van der Waals surface area contributed by atoms with E-state index < -0.39 is 38.1 Å². The van der Waals surface area contributed by atoms with E-state index in [4.69, 9.17) is 25.2 Å². The van der Waals surface area contributed by atoms with Crippen LogP contribution in [0.25, 0.3) is 0 Å². The molecule has 1 aromatic heterocycles. The summed E-state index contributed by atoms with van der Waals surface area (Å²) in [6.45, 7) is 5.94. The molecule has 2 heterocycles. The molecule has 4 unspecified atom stereocenters. The predicted molar refractivity (Wildman–Crippen MR) is 131 cm³/mol. The average molecular weight is 501 g/mol. The van der Waals surface area contributed by atoms with E-state index in [1.54, 1.807) is 31.2 Å². The second-order valence-electron chi connectivity index (χ2n) is 8.09. The Hall–Kier alpha value is -3.22. The van der Waals surface area contributed by atoms with Gasteiger partial charge in [0.1, 0.15) is 23.7 Å². The lowest BCUT2D eigenvalue weighted by Crippen LogP contribution is -2.35. The molecule has 2 N–H and O–H groups in total. The van der Waals surface area contributed by atoms with Crippen molar-refractivity contribution < 1.29 is 23.5 Å². The predicted octanol–water partition coefficient (Wildman–Crippen LogP) is 2.47. The van der Waals surface area contributed by atoms with E-state index in [1.165, 1.54) is 10.8 Å². The molecule has 2 aromatic rings. The van der Waals surface area contributed by atoms with Crippen molar-refractivity contribution in [3.63, 3.8) is 0 Å². The molecule has 35 heavy (non-hydrogen) atoms. The molecule has 0 fully saturated rings. The molecule has 10 nitrogen and oxygen atoms in total. The first-order chi connectivity index (χ1) is 16.8. The van der Waals surface area contributed by atoms with E-state index in [-0.39, 0.29) is 23.8 Å². The van der Waals surface area contributed by atoms with Crippen molar-refractivity contribution in [1.82, 2.24) is 14.6 Å². The zero-order valence-electron chi connectivity index (χ0n) is 19.7. The molecule has 0 radical (unpaired) electrons. The van der Waals surface area contributed by atoms with Gasteiger partial charge in [-0.05, 0) is 37.1 Å². The van der Waals surface area contributed by atoms with Crippen LogP contribution in [-0.2, 0) is 19.0 Å². The monoisotopic (exact) mass is 501 g/mol. The number of para-hydroxylation sites is 1. The summed E-state index contributed by atoms with van der Waals surface area (Å²) in [5.41, 5.74) is -1.29. The number of hydrogen-bond acceptors (Lipinski definition) is 8. The Morgan fingerprint density at radius 1 is 1.26 bits per heavy atom. The van der Waals surface area contributed by atoms with Gasteiger partial charge < -0.3 is 18.7 Å². The third-order valence-electron chi connectivity index (χ3n) is 4.67. The third kappa shape index (κ3) is 7.64. The molecule has 11 heteroatoms. The minimum Gasteiger partial charge on any atom is -0.464 e. The summed E-state index contributed by atoms with van der Waals surface area (Å²) in [6.07, 6.45) is 8.30.